The van der Waals surface area contributed by atoms with E-state index in [0.29, 0.717) is 42.7 Å². The quantitative estimate of drug-likeness (QED) is 0.365. The average Bonchev–Trinajstić information content (AvgIpc) is 2.93. The molecule has 11 heteroatoms. The van der Waals surface area contributed by atoms with E-state index in [1.54, 1.807) is 31.5 Å². The molecule has 2 aliphatic heterocycles. The van der Waals surface area contributed by atoms with E-state index in [1.165, 1.54) is 10.6 Å². The number of hydrogen-bond acceptors (Lipinski definition) is 8. The number of amides is 1. The molecular weight excluding hydrogens is 534 g/mol. The summed E-state index contributed by atoms with van der Waals surface area (Å²) in [5, 5.41) is 15.7. The Morgan fingerprint density at radius 1 is 1.20 bits per heavy atom. The molecule has 2 aromatic rings. The van der Waals surface area contributed by atoms with Gasteiger partial charge in [-0.05, 0) is 60.4 Å². The first-order chi connectivity index (χ1) is 19.3. The SMILES string of the molecule is CN/N=C1/C=CC(NC(=O)C(CC2COCCO2)n2cc3c(cc2=O)-c2cc(Cl)ccc2CC(C)OC3)=CC1=N. The number of hydrazone groups is 1. The van der Waals surface area contributed by atoms with Gasteiger partial charge in [-0.25, -0.2) is 0 Å². The fraction of sp³-hybridized carbons (Fsp3) is 0.379. The number of carbonyl (C=O) groups is 1. The molecule has 3 aliphatic rings. The second-order valence-corrected chi connectivity index (χ2v) is 10.4. The molecule has 10 nitrogen and oxygen atoms in total. The Bertz CT molecular complexity index is 1460. The normalized spacial score (nSPS) is 22.4. The van der Waals surface area contributed by atoms with Crippen molar-refractivity contribution in [3.05, 3.63) is 80.9 Å². The third-order valence-corrected chi connectivity index (χ3v) is 7.30. The third kappa shape index (κ3) is 6.26. The summed E-state index contributed by atoms with van der Waals surface area (Å²) < 4.78 is 18.9. The van der Waals surface area contributed by atoms with Crippen LogP contribution in [0.2, 0.25) is 5.02 Å². The van der Waals surface area contributed by atoms with Gasteiger partial charge in [0, 0.05) is 42.0 Å². The van der Waals surface area contributed by atoms with Gasteiger partial charge in [0.2, 0.25) is 5.91 Å². The highest BCUT2D eigenvalue weighted by Crippen LogP contribution is 2.33. The van der Waals surface area contributed by atoms with Crippen LogP contribution in [0.15, 0.2) is 64.3 Å². The maximum Gasteiger partial charge on any atom is 0.251 e. The molecule has 3 unspecified atom stereocenters. The van der Waals surface area contributed by atoms with Gasteiger partial charge >= 0.3 is 0 Å². The smallest absolute Gasteiger partial charge is 0.251 e. The number of rotatable bonds is 6. The van der Waals surface area contributed by atoms with E-state index in [2.05, 4.69) is 15.8 Å². The van der Waals surface area contributed by atoms with Crippen molar-refractivity contribution in [3.63, 3.8) is 0 Å². The summed E-state index contributed by atoms with van der Waals surface area (Å²) in [7, 11) is 1.65. The number of ether oxygens (including phenoxy) is 3. The number of fused-ring (bicyclic) bond motifs is 3. The zero-order chi connectivity index (χ0) is 28.2. The molecule has 5 rings (SSSR count). The first-order valence-corrected chi connectivity index (χ1v) is 13.6. The molecule has 3 atom stereocenters. The van der Waals surface area contributed by atoms with Crippen LogP contribution < -0.4 is 16.3 Å². The zero-order valence-corrected chi connectivity index (χ0v) is 23.2. The molecule has 1 aliphatic carbocycles. The molecule has 1 aromatic carbocycles. The van der Waals surface area contributed by atoms with E-state index < -0.39 is 11.9 Å². The molecule has 3 N–H and O–H groups in total. The van der Waals surface area contributed by atoms with Crippen LogP contribution in [0.3, 0.4) is 0 Å². The number of allylic oxidation sites excluding steroid dienone is 3. The van der Waals surface area contributed by atoms with Crippen molar-refractivity contribution in [2.75, 3.05) is 26.9 Å². The van der Waals surface area contributed by atoms with Crippen LogP contribution in [-0.4, -0.2) is 61.0 Å². The summed E-state index contributed by atoms with van der Waals surface area (Å²) in [6, 6.07) is 6.33. The molecule has 3 heterocycles. The number of halogens is 1. The molecule has 1 saturated heterocycles. The minimum atomic E-state index is -0.901. The summed E-state index contributed by atoms with van der Waals surface area (Å²) in [6.07, 6.45) is 7.05. The van der Waals surface area contributed by atoms with Crippen LogP contribution >= 0.6 is 11.6 Å². The van der Waals surface area contributed by atoms with E-state index in [0.717, 1.165) is 22.3 Å². The lowest BCUT2D eigenvalue weighted by Crippen LogP contribution is -2.41. The molecular formula is C29H32ClN5O5. The van der Waals surface area contributed by atoms with E-state index in [4.69, 9.17) is 31.2 Å². The first-order valence-electron chi connectivity index (χ1n) is 13.2. The van der Waals surface area contributed by atoms with Gasteiger partial charge in [0.1, 0.15) is 11.8 Å². The number of nitrogens with one attached hydrogen (secondary N) is 3. The van der Waals surface area contributed by atoms with Gasteiger partial charge in [0.15, 0.2) is 0 Å². The van der Waals surface area contributed by atoms with Crippen molar-refractivity contribution in [3.8, 4) is 11.1 Å². The van der Waals surface area contributed by atoms with Crippen LogP contribution in [0.5, 0.6) is 0 Å². The van der Waals surface area contributed by atoms with E-state index in [-0.39, 0.29) is 36.5 Å². The second kappa shape index (κ2) is 12.3. The standard InChI is InChI=1S/C29H32ClN5O5/c1-17-9-18-3-4-20(30)10-23(18)24-13-28(36)35(14-19(24)15-40-17)27(12-22-16-38-7-8-39-22)29(37)33-21-5-6-26(34-32-2)25(31)11-21/h3-6,10-11,13-14,17,22,27,31-32H,7-9,12,15-16H2,1-2H3,(H,33,37)/b31-25?,34-26-. The molecule has 0 saturated carbocycles. The summed E-state index contributed by atoms with van der Waals surface area (Å²) >= 11 is 6.34. The topological polar surface area (TPSA) is 127 Å². The Morgan fingerprint density at radius 2 is 2.02 bits per heavy atom. The maximum absolute atomic E-state index is 13.7. The molecule has 0 radical (unpaired) electrons. The number of benzene rings is 1. The monoisotopic (exact) mass is 565 g/mol. The molecule has 0 bridgehead atoms. The van der Waals surface area contributed by atoms with Crippen LogP contribution in [-0.2, 0) is 32.0 Å². The lowest BCUT2D eigenvalue weighted by Gasteiger charge is -2.29. The Kier molecular flexibility index (Phi) is 8.60. The fourth-order valence-corrected chi connectivity index (χ4v) is 5.28. The molecule has 210 valence electrons. The highest BCUT2D eigenvalue weighted by atomic mass is 35.5. The summed E-state index contributed by atoms with van der Waals surface area (Å²) in [4.78, 5) is 27.4. The molecule has 0 spiro atoms. The molecule has 1 fully saturated rings. The Morgan fingerprint density at radius 3 is 2.77 bits per heavy atom. The van der Waals surface area contributed by atoms with E-state index in [1.807, 2.05) is 25.1 Å². The third-order valence-electron chi connectivity index (χ3n) is 7.06. The highest BCUT2D eigenvalue weighted by Gasteiger charge is 2.30. The van der Waals surface area contributed by atoms with Crippen molar-refractivity contribution < 1.29 is 19.0 Å². The van der Waals surface area contributed by atoms with Crippen molar-refractivity contribution in [2.45, 2.75) is 44.6 Å². The van der Waals surface area contributed by atoms with Crippen LogP contribution in [0.1, 0.15) is 30.5 Å². The van der Waals surface area contributed by atoms with Crippen molar-refractivity contribution >= 4 is 28.9 Å². The van der Waals surface area contributed by atoms with Gasteiger partial charge < -0.3 is 29.5 Å². The maximum atomic E-state index is 13.7. The number of nitrogens with zero attached hydrogens (tertiary/aromatic N) is 2. The predicted molar refractivity (Wildman–Crippen MR) is 153 cm³/mol. The minimum absolute atomic E-state index is 0.0444. The second-order valence-electron chi connectivity index (χ2n) is 9.96. The van der Waals surface area contributed by atoms with E-state index >= 15 is 0 Å². The minimum Gasteiger partial charge on any atom is -0.376 e. The van der Waals surface area contributed by atoms with Gasteiger partial charge in [0.25, 0.3) is 5.56 Å². The molecule has 40 heavy (non-hydrogen) atoms. The van der Waals surface area contributed by atoms with Gasteiger partial charge in [-0.2, -0.15) is 5.10 Å². The number of carbonyl (C=O) groups excluding carboxylic acids is 1. The first kappa shape index (κ1) is 28.0. The highest BCUT2D eigenvalue weighted by molar-refractivity contribution is 6.50. The van der Waals surface area contributed by atoms with Crippen LogP contribution in [0.25, 0.3) is 11.1 Å². The summed E-state index contributed by atoms with van der Waals surface area (Å²) in [5.74, 6) is -0.405. The fourth-order valence-electron chi connectivity index (χ4n) is 5.11. The predicted octanol–water partition coefficient (Wildman–Crippen LogP) is 3.14. The Balaban J connectivity index is 1.52. The zero-order valence-electron chi connectivity index (χ0n) is 22.4. The van der Waals surface area contributed by atoms with E-state index in [9.17, 15) is 9.59 Å². The number of pyridine rings is 1. The van der Waals surface area contributed by atoms with Gasteiger partial charge in [-0.3, -0.25) is 15.0 Å². The van der Waals surface area contributed by atoms with Crippen LogP contribution in [0, 0.1) is 5.41 Å². The van der Waals surface area contributed by atoms with Gasteiger partial charge in [-0.15, -0.1) is 0 Å². The number of hydrogen-bond donors (Lipinski definition) is 3. The summed E-state index contributed by atoms with van der Waals surface area (Å²) in [5.41, 5.74) is 6.79. The molecule has 1 aromatic heterocycles. The van der Waals surface area contributed by atoms with Crippen molar-refractivity contribution in [1.82, 2.24) is 15.3 Å². The van der Waals surface area contributed by atoms with Gasteiger partial charge in [-0.1, -0.05) is 17.7 Å². The lowest BCUT2D eigenvalue weighted by atomic mass is 9.92. The van der Waals surface area contributed by atoms with Crippen molar-refractivity contribution in [2.24, 2.45) is 5.10 Å². The lowest BCUT2D eigenvalue weighted by molar-refractivity contribution is -0.128. The van der Waals surface area contributed by atoms with Crippen LogP contribution in [0.4, 0.5) is 0 Å². The Labute approximate surface area is 237 Å². The van der Waals surface area contributed by atoms with Crippen molar-refractivity contribution in [1.29, 1.82) is 5.41 Å². The summed E-state index contributed by atoms with van der Waals surface area (Å²) in [6.45, 7) is 3.51. The molecule has 1 amide bonds. The number of aromatic nitrogens is 1. The average molecular weight is 566 g/mol. The van der Waals surface area contributed by atoms with Gasteiger partial charge in [0.05, 0.1) is 44.3 Å². The largest absolute Gasteiger partial charge is 0.376 e. The Hall–Kier alpha value is -3.57.